The molecule has 0 aliphatic heterocycles. The molecule has 1 atom stereocenters. The number of carboxylic acid groups (broad SMARTS) is 1. The van der Waals surface area contributed by atoms with Gasteiger partial charge >= 0.3 is 29.6 Å². The van der Waals surface area contributed by atoms with E-state index in [1.165, 1.54) is 19.3 Å². The molecule has 1 rings (SSSR count). The number of hydrogen-bond donors (Lipinski definition) is 0. The van der Waals surface area contributed by atoms with E-state index in [1.54, 1.807) is 6.07 Å². The van der Waals surface area contributed by atoms with Gasteiger partial charge in [-0.25, -0.2) is 9.97 Å². The maximum atomic E-state index is 10.3. The third-order valence-electron chi connectivity index (χ3n) is 1.33. The minimum atomic E-state index is -1.16. The largest absolute Gasteiger partial charge is 1.00 e. The Morgan fingerprint density at radius 2 is 2.00 bits per heavy atom. The number of carboxylic acids is 1. The Bertz CT molecular complexity index is 253. The van der Waals surface area contributed by atoms with Gasteiger partial charge in [0.25, 0.3) is 0 Å². The molecule has 0 spiro atoms. The molecule has 0 aliphatic rings. The maximum absolute atomic E-state index is 10.3. The molecular formula is C7H7N2NaO2. The molecule has 0 amide bonds. The Labute approximate surface area is 92.3 Å². The number of nitrogens with zero attached hydrogens (tertiary/aromatic N) is 2. The molecule has 1 aromatic rings. The minimum Gasteiger partial charge on any atom is -0.549 e. The summed E-state index contributed by atoms with van der Waals surface area (Å²) >= 11 is 0. The van der Waals surface area contributed by atoms with Gasteiger partial charge in [-0.15, -0.1) is 0 Å². The molecule has 4 nitrogen and oxygen atoms in total. The first-order valence-electron chi connectivity index (χ1n) is 3.19. The van der Waals surface area contributed by atoms with Crippen LogP contribution in [-0.4, -0.2) is 15.9 Å². The number of carbonyl (C=O) groups excluding carboxylic acids is 1. The number of rotatable bonds is 2. The Morgan fingerprint density at radius 3 is 2.42 bits per heavy atom. The van der Waals surface area contributed by atoms with E-state index in [2.05, 4.69) is 9.97 Å². The molecule has 58 valence electrons. The van der Waals surface area contributed by atoms with Crippen molar-refractivity contribution in [3.8, 4) is 0 Å². The molecule has 1 aromatic heterocycles. The summed E-state index contributed by atoms with van der Waals surface area (Å²) in [5.74, 6) is -1.61. The van der Waals surface area contributed by atoms with Crippen LogP contribution in [0.4, 0.5) is 0 Å². The first-order chi connectivity index (χ1) is 5.22. The maximum Gasteiger partial charge on any atom is 1.00 e. The van der Waals surface area contributed by atoms with Crippen LogP contribution in [0.25, 0.3) is 0 Å². The molecule has 0 saturated carbocycles. The van der Waals surface area contributed by atoms with Crippen LogP contribution in [0.15, 0.2) is 18.5 Å². The molecule has 12 heavy (non-hydrogen) atoms. The fraction of sp³-hybridized carbons (Fsp3) is 0.286. The first kappa shape index (κ1) is 11.6. The van der Waals surface area contributed by atoms with Crippen LogP contribution < -0.4 is 34.7 Å². The fourth-order valence-electron chi connectivity index (χ4n) is 0.640. The van der Waals surface area contributed by atoms with Crippen LogP contribution in [0.1, 0.15) is 18.7 Å². The Morgan fingerprint density at radius 1 is 1.50 bits per heavy atom. The second kappa shape index (κ2) is 5.24. The fourth-order valence-corrected chi connectivity index (χ4v) is 0.640. The van der Waals surface area contributed by atoms with E-state index in [-0.39, 0.29) is 35.4 Å². The van der Waals surface area contributed by atoms with Gasteiger partial charge < -0.3 is 9.90 Å². The molecular weight excluding hydrogens is 167 g/mol. The van der Waals surface area contributed by atoms with Gasteiger partial charge in [-0.05, 0) is 13.0 Å². The summed E-state index contributed by atoms with van der Waals surface area (Å²) < 4.78 is 0. The van der Waals surface area contributed by atoms with Crippen molar-refractivity contribution in [2.45, 2.75) is 12.8 Å². The van der Waals surface area contributed by atoms with Crippen molar-refractivity contribution >= 4 is 5.97 Å². The normalized spacial score (nSPS) is 11.4. The molecule has 0 aromatic carbocycles. The topological polar surface area (TPSA) is 65.9 Å². The third kappa shape index (κ3) is 2.89. The predicted molar refractivity (Wildman–Crippen MR) is 35.5 cm³/mol. The first-order valence-corrected chi connectivity index (χ1v) is 3.19. The third-order valence-corrected chi connectivity index (χ3v) is 1.33. The van der Waals surface area contributed by atoms with Gasteiger partial charge in [0.05, 0.1) is 11.9 Å². The summed E-state index contributed by atoms with van der Waals surface area (Å²) in [6, 6.07) is 1.63. The van der Waals surface area contributed by atoms with Gasteiger partial charge in [-0.2, -0.15) is 0 Å². The van der Waals surface area contributed by atoms with Gasteiger partial charge in [0.2, 0.25) is 0 Å². The molecule has 0 radical (unpaired) electrons. The molecule has 0 saturated heterocycles. The second-order valence-electron chi connectivity index (χ2n) is 2.15. The molecule has 1 heterocycles. The van der Waals surface area contributed by atoms with Crippen LogP contribution in [-0.2, 0) is 4.79 Å². The number of carbonyl (C=O) groups is 1. The van der Waals surface area contributed by atoms with Crippen molar-refractivity contribution in [2.24, 2.45) is 0 Å². The van der Waals surface area contributed by atoms with Gasteiger partial charge in [-0.3, -0.25) is 0 Å². The SMILES string of the molecule is CC(C(=O)[O-])c1ncccn1.[Na+]. The second-order valence-corrected chi connectivity index (χ2v) is 2.15. The summed E-state index contributed by atoms with van der Waals surface area (Å²) in [5, 5.41) is 10.3. The Kier molecular flexibility index (Phi) is 5.04. The molecule has 0 N–H and O–H groups in total. The van der Waals surface area contributed by atoms with E-state index in [4.69, 9.17) is 0 Å². The summed E-state index contributed by atoms with van der Waals surface area (Å²) in [4.78, 5) is 17.8. The average Bonchev–Trinajstić information content (AvgIpc) is 2.05. The van der Waals surface area contributed by atoms with E-state index in [0.29, 0.717) is 0 Å². The number of aliphatic carboxylic acids is 1. The summed E-state index contributed by atoms with van der Waals surface area (Å²) in [6.07, 6.45) is 3.00. The Balaban J connectivity index is 0.00000121. The minimum absolute atomic E-state index is 0. The average molecular weight is 174 g/mol. The smallest absolute Gasteiger partial charge is 0.549 e. The van der Waals surface area contributed by atoms with Crippen LogP contribution >= 0.6 is 0 Å². The quantitative estimate of drug-likeness (QED) is 0.433. The van der Waals surface area contributed by atoms with E-state index in [1.807, 2.05) is 0 Å². The van der Waals surface area contributed by atoms with Crippen molar-refractivity contribution in [3.05, 3.63) is 24.3 Å². The summed E-state index contributed by atoms with van der Waals surface area (Å²) in [7, 11) is 0. The predicted octanol–water partition coefficient (Wildman–Crippen LogP) is -3.67. The van der Waals surface area contributed by atoms with Crippen LogP contribution in [0.5, 0.6) is 0 Å². The summed E-state index contributed by atoms with van der Waals surface area (Å²) in [5.41, 5.74) is 0. The van der Waals surface area contributed by atoms with E-state index < -0.39 is 11.9 Å². The van der Waals surface area contributed by atoms with Crippen molar-refractivity contribution in [1.82, 2.24) is 9.97 Å². The standard InChI is InChI=1S/C7H8N2O2.Na/c1-5(7(10)11)6-8-3-2-4-9-6;/h2-5H,1H3,(H,10,11);/q;+1/p-1. The molecule has 0 fully saturated rings. The molecule has 5 heteroatoms. The molecule has 0 aliphatic carbocycles. The Hall–Kier alpha value is -0.450. The summed E-state index contributed by atoms with van der Waals surface area (Å²) in [6.45, 7) is 1.49. The van der Waals surface area contributed by atoms with Crippen molar-refractivity contribution in [3.63, 3.8) is 0 Å². The zero-order valence-corrected chi connectivity index (χ0v) is 9.02. The van der Waals surface area contributed by atoms with Crippen molar-refractivity contribution < 1.29 is 39.5 Å². The zero-order valence-electron chi connectivity index (χ0n) is 7.02. The van der Waals surface area contributed by atoms with Gasteiger partial charge in [0.1, 0.15) is 5.82 Å². The van der Waals surface area contributed by atoms with Gasteiger partial charge in [-0.1, -0.05) is 0 Å². The zero-order chi connectivity index (χ0) is 8.27. The van der Waals surface area contributed by atoms with Gasteiger partial charge in [0.15, 0.2) is 0 Å². The van der Waals surface area contributed by atoms with Crippen molar-refractivity contribution in [2.75, 3.05) is 0 Å². The van der Waals surface area contributed by atoms with E-state index >= 15 is 0 Å². The van der Waals surface area contributed by atoms with Gasteiger partial charge in [0, 0.05) is 12.4 Å². The van der Waals surface area contributed by atoms with E-state index in [0.717, 1.165) is 0 Å². The van der Waals surface area contributed by atoms with Crippen LogP contribution in [0, 0.1) is 0 Å². The number of hydrogen-bond acceptors (Lipinski definition) is 4. The molecule has 1 unspecified atom stereocenters. The van der Waals surface area contributed by atoms with Crippen molar-refractivity contribution in [1.29, 1.82) is 0 Å². The van der Waals surface area contributed by atoms with Crippen LogP contribution in [0.2, 0.25) is 0 Å². The molecule has 0 bridgehead atoms. The van der Waals surface area contributed by atoms with Crippen LogP contribution in [0.3, 0.4) is 0 Å². The number of aromatic nitrogens is 2. The van der Waals surface area contributed by atoms with E-state index in [9.17, 15) is 9.90 Å². The monoisotopic (exact) mass is 174 g/mol.